The van der Waals surface area contributed by atoms with Gasteiger partial charge in [0.05, 0.1) is 0 Å². The molecule has 0 aliphatic rings. The molecule has 1 aromatic heterocycles. The molecule has 0 atom stereocenters. The van der Waals surface area contributed by atoms with Gasteiger partial charge in [0.15, 0.2) is 5.82 Å². The van der Waals surface area contributed by atoms with E-state index in [0.29, 0.717) is 11.6 Å². The van der Waals surface area contributed by atoms with E-state index < -0.39 is 0 Å². The Morgan fingerprint density at radius 2 is 2.31 bits per heavy atom. The maximum atomic E-state index is 11.2. The van der Waals surface area contributed by atoms with Crippen molar-refractivity contribution in [2.24, 2.45) is 0 Å². The second kappa shape index (κ2) is 3.89. The molecule has 0 bridgehead atoms. The summed E-state index contributed by atoms with van der Waals surface area (Å²) in [5, 5.41) is 6.20. The lowest BCUT2D eigenvalue weighted by atomic mass is 10.3. The molecule has 1 N–H and O–H groups in total. The number of aromatic nitrogens is 1. The van der Waals surface area contributed by atoms with Crippen LogP contribution < -0.4 is 5.32 Å². The van der Waals surface area contributed by atoms with E-state index >= 15 is 0 Å². The van der Waals surface area contributed by atoms with Crippen LogP contribution in [0.4, 0.5) is 5.82 Å². The van der Waals surface area contributed by atoms with E-state index in [1.807, 2.05) is 13.8 Å². The van der Waals surface area contributed by atoms with Crippen LogP contribution in [0.15, 0.2) is 22.2 Å². The first-order valence-electron chi connectivity index (χ1n) is 3.97. The number of rotatable bonds is 2. The van der Waals surface area contributed by atoms with Crippen molar-refractivity contribution in [3.8, 4) is 0 Å². The standard InChI is InChI=1S/C9H12N2O2/c1-6(2)4-9(12)10-8-5-7(3)13-11-8/h4-5H,1-3H3,(H,10,11,12). The van der Waals surface area contributed by atoms with Gasteiger partial charge in [-0.2, -0.15) is 0 Å². The van der Waals surface area contributed by atoms with Crippen molar-refractivity contribution < 1.29 is 9.32 Å². The fourth-order valence-corrected chi connectivity index (χ4v) is 0.850. The molecule has 4 heteroatoms. The van der Waals surface area contributed by atoms with Crippen LogP contribution in [0.1, 0.15) is 19.6 Å². The van der Waals surface area contributed by atoms with Crippen molar-refractivity contribution in [1.29, 1.82) is 0 Å². The number of carbonyl (C=O) groups is 1. The first kappa shape index (κ1) is 9.51. The first-order chi connectivity index (χ1) is 6.08. The summed E-state index contributed by atoms with van der Waals surface area (Å²) < 4.78 is 4.78. The van der Waals surface area contributed by atoms with Crippen molar-refractivity contribution in [2.75, 3.05) is 5.32 Å². The predicted octanol–water partition coefficient (Wildman–Crippen LogP) is 1.89. The van der Waals surface area contributed by atoms with Crippen LogP contribution in [0.5, 0.6) is 0 Å². The Labute approximate surface area is 76.6 Å². The molecule has 0 saturated carbocycles. The van der Waals surface area contributed by atoms with Crippen molar-refractivity contribution in [2.45, 2.75) is 20.8 Å². The zero-order valence-corrected chi connectivity index (χ0v) is 7.92. The number of hydrogen-bond donors (Lipinski definition) is 1. The fraction of sp³-hybridized carbons (Fsp3) is 0.333. The number of hydrogen-bond acceptors (Lipinski definition) is 3. The molecule has 0 aliphatic heterocycles. The summed E-state index contributed by atoms with van der Waals surface area (Å²) in [6.45, 7) is 5.48. The predicted molar refractivity (Wildman–Crippen MR) is 49.3 cm³/mol. The highest BCUT2D eigenvalue weighted by molar-refractivity contribution is 5.98. The lowest BCUT2D eigenvalue weighted by molar-refractivity contribution is -0.112. The Kier molecular flexibility index (Phi) is 2.84. The Morgan fingerprint density at radius 1 is 1.62 bits per heavy atom. The third-order valence-corrected chi connectivity index (χ3v) is 1.30. The van der Waals surface area contributed by atoms with Crippen molar-refractivity contribution >= 4 is 11.7 Å². The molecule has 13 heavy (non-hydrogen) atoms. The van der Waals surface area contributed by atoms with E-state index in [0.717, 1.165) is 5.57 Å². The van der Waals surface area contributed by atoms with Crippen LogP contribution >= 0.6 is 0 Å². The van der Waals surface area contributed by atoms with Crippen LogP contribution in [0.3, 0.4) is 0 Å². The minimum Gasteiger partial charge on any atom is -0.360 e. The van der Waals surface area contributed by atoms with Gasteiger partial charge >= 0.3 is 0 Å². The molecule has 0 unspecified atom stereocenters. The minimum absolute atomic E-state index is 0.187. The first-order valence-corrected chi connectivity index (χ1v) is 3.97. The third kappa shape index (κ3) is 3.11. The van der Waals surface area contributed by atoms with Crippen LogP contribution in [-0.4, -0.2) is 11.1 Å². The number of allylic oxidation sites excluding steroid dienone is 1. The van der Waals surface area contributed by atoms with Crippen LogP contribution in [0.2, 0.25) is 0 Å². The molecule has 0 fully saturated rings. The SMILES string of the molecule is CC(C)=CC(=O)Nc1cc(C)on1. The monoisotopic (exact) mass is 180 g/mol. The van der Waals surface area contributed by atoms with E-state index in [9.17, 15) is 4.79 Å². The molecule has 4 nitrogen and oxygen atoms in total. The molecule has 0 spiro atoms. The van der Waals surface area contributed by atoms with Gasteiger partial charge in [-0.05, 0) is 20.8 Å². The van der Waals surface area contributed by atoms with Gasteiger partial charge in [0, 0.05) is 12.1 Å². The number of amides is 1. The summed E-state index contributed by atoms with van der Waals surface area (Å²) in [6.07, 6.45) is 1.50. The van der Waals surface area contributed by atoms with Crippen molar-refractivity contribution in [3.05, 3.63) is 23.5 Å². The minimum atomic E-state index is -0.187. The zero-order chi connectivity index (χ0) is 9.84. The average molecular weight is 180 g/mol. The van der Waals surface area contributed by atoms with Gasteiger partial charge in [-0.3, -0.25) is 4.79 Å². The molecule has 1 heterocycles. The van der Waals surface area contributed by atoms with Gasteiger partial charge in [0.2, 0.25) is 5.91 Å². The number of nitrogens with one attached hydrogen (secondary N) is 1. The topological polar surface area (TPSA) is 55.1 Å². The number of nitrogens with zero attached hydrogens (tertiary/aromatic N) is 1. The van der Waals surface area contributed by atoms with E-state index in [1.165, 1.54) is 6.08 Å². The largest absolute Gasteiger partial charge is 0.360 e. The molecule has 0 radical (unpaired) electrons. The molecule has 0 aromatic carbocycles. The quantitative estimate of drug-likeness (QED) is 0.707. The summed E-state index contributed by atoms with van der Waals surface area (Å²) in [6, 6.07) is 1.66. The maximum Gasteiger partial charge on any atom is 0.249 e. The molecule has 0 saturated heterocycles. The van der Waals surface area contributed by atoms with Crippen LogP contribution in [0.25, 0.3) is 0 Å². The van der Waals surface area contributed by atoms with E-state index in [4.69, 9.17) is 4.52 Å². The van der Waals surface area contributed by atoms with Crippen LogP contribution in [0, 0.1) is 6.92 Å². The fourth-order valence-electron chi connectivity index (χ4n) is 0.850. The molecule has 0 aliphatic carbocycles. The lowest BCUT2D eigenvalue weighted by Gasteiger charge is -1.94. The van der Waals surface area contributed by atoms with Gasteiger partial charge in [0.1, 0.15) is 5.76 Å². The summed E-state index contributed by atoms with van der Waals surface area (Å²) >= 11 is 0. The maximum absolute atomic E-state index is 11.2. The lowest BCUT2D eigenvalue weighted by Crippen LogP contribution is -2.08. The molecular formula is C9H12N2O2. The van der Waals surface area contributed by atoms with Gasteiger partial charge in [-0.15, -0.1) is 0 Å². The normalized spacial score (nSPS) is 9.46. The van der Waals surface area contributed by atoms with E-state index in [2.05, 4.69) is 10.5 Å². The number of carbonyl (C=O) groups excluding carboxylic acids is 1. The van der Waals surface area contributed by atoms with Gasteiger partial charge in [-0.1, -0.05) is 10.7 Å². The van der Waals surface area contributed by atoms with Gasteiger partial charge in [-0.25, -0.2) is 0 Å². The summed E-state index contributed by atoms with van der Waals surface area (Å²) in [5.41, 5.74) is 0.942. The van der Waals surface area contributed by atoms with E-state index in [-0.39, 0.29) is 5.91 Å². The highest BCUT2D eigenvalue weighted by atomic mass is 16.5. The number of aryl methyl sites for hydroxylation is 1. The molecule has 1 amide bonds. The highest BCUT2D eigenvalue weighted by Gasteiger charge is 2.02. The van der Waals surface area contributed by atoms with Gasteiger partial charge in [0.25, 0.3) is 0 Å². The Bertz CT molecular complexity index is 335. The average Bonchev–Trinajstić information content (AvgIpc) is 2.33. The second-order valence-electron chi connectivity index (χ2n) is 3.03. The molecule has 1 aromatic rings. The summed E-state index contributed by atoms with van der Waals surface area (Å²) in [7, 11) is 0. The Balaban J connectivity index is 2.60. The summed E-state index contributed by atoms with van der Waals surface area (Å²) in [5.74, 6) is 0.931. The Morgan fingerprint density at radius 3 is 2.77 bits per heavy atom. The Hall–Kier alpha value is -1.58. The molecule has 1 rings (SSSR count). The molecular weight excluding hydrogens is 168 g/mol. The smallest absolute Gasteiger partial charge is 0.249 e. The highest BCUT2D eigenvalue weighted by Crippen LogP contribution is 2.06. The van der Waals surface area contributed by atoms with E-state index in [1.54, 1.807) is 13.0 Å². The summed E-state index contributed by atoms with van der Waals surface area (Å²) in [4.78, 5) is 11.2. The molecule has 70 valence electrons. The third-order valence-electron chi connectivity index (χ3n) is 1.30. The second-order valence-corrected chi connectivity index (χ2v) is 3.03. The zero-order valence-electron chi connectivity index (χ0n) is 7.92. The van der Waals surface area contributed by atoms with Crippen molar-refractivity contribution in [3.63, 3.8) is 0 Å². The van der Waals surface area contributed by atoms with Crippen LogP contribution in [-0.2, 0) is 4.79 Å². The number of anilines is 1. The van der Waals surface area contributed by atoms with Crippen molar-refractivity contribution in [1.82, 2.24) is 5.16 Å². The van der Waals surface area contributed by atoms with Gasteiger partial charge < -0.3 is 9.84 Å².